The van der Waals surface area contributed by atoms with Gasteiger partial charge in [-0.25, -0.2) is 19.4 Å². The van der Waals surface area contributed by atoms with Crippen LogP contribution in [0.1, 0.15) is 31.1 Å². The number of amides is 2. The van der Waals surface area contributed by atoms with E-state index in [1.54, 1.807) is 12.1 Å². The van der Waals surface area contributed by atoms with Gasteiger partial charge in [-0.1, -0.05) is 18.1 Å². The van der Waals surface area contributed by atoms with E-state index in [4.69, 9.17) is 27.5 Å². The summed E-state index contributed by atoms with van der Waals surface area (Å²) >= 11 is 6.19. The number of imidazole rings is 1. The Morgan fingerprint density at radius 1 is 1.18 bits per heavy atom. The van der Waals surface area contributed by atoms with Gasteiger partial charge in [-0.15, -0.1) is 6.42 Å². The number of halogens is 1. The smallest absolute Gasteiger partial charge is 0.348 e. The maximum Gasteiger partial charge on any atom is 0.348 e. The van der Waals surface area contributed by atoms with Crippen molar-refractivity contribution in [3.63, 3.8) is 0 Å². The lowest BCUT2D eigenvalue weighted by molar-refractivity contribution is -0.191. The number of β-amino-alcohol motifs (C(OH)–C–C–N with tert-alkyl or cyclic N) is 1. The third kappa shape index (κ3) is 6.53. The van der Waals surface area contributed by atoms with E-state index in [9.17, 15) is 39.9 Å². The first kappa shape index (κ1) is 35.3. The summed E-state index contributed by atoms with van der Waals surface area (Å²) in [7, 11) is 0. The molecule has 2 aliphatic heterocycles. The maximum absolute atomic E-state index is 12.8. The topological polar surface area (TPSA) is 233 Å². The number of aliphatic hydroxyl groups excluding tert-OH is 2. The Labute approximate surface area is 290 Å². The van der Waals surface area contributed by atoms with E-state index in [0.717, 1.165) is 12.8 Å². The fraction of sp³-hybridized carbons (Fsp3) is 0.500. The number of rotatable bonds is 14. The van der Waals surface area contributed by atoms with Gasteiger partial charge in [0.05, 0.1) is 19.5 Å². The van der Waals surface area contributed by atoms with Crippen LogP contribution >= 0.6 is 11.6 Å². The normalized spacial score (nSPS) is 24.1. The molecule has 4 heterocycles. The average molecular weight is 714 g/mol. The molecule has 18 heteroatoms. The van der Waals surface area contributed by atoms with Crippen molar-refractivity contribution in [1.29, 1.82) is 0 Å². The van der Waals surface area contributed by atoms with Crippen LogP contribution in [0, 0.1) is 18.3 Å². The van der Waals surface area contributed by atoms with Gasteiger partial charge in [0.15, 0.2) is 28.8 Å². The zero-order valence-electron chi connectivity index (χ0n) is 26.7. The Morgan fingerprint density at radius 3 is 2.54 bits per heavy atom. The summed E-state index contributed by atoms with van der Waals surface area (Å²) in [6, 6.07) is 5.77. The van der Waals surface area contributed by atoms with Crippen LogP contribution < -0.4 is 10.2 Å². The highest BCUT2D eigenvalue weighted by molar-refractivity contribution is 6.28. The third-order valence-corrected chi connectivity index (χ3v) is 9.39. The lowest BCUT2D eigenvalue weighted by Crippen LogP contribution is -2.55. The Hall–Kier alpha value is -4.57. The molecule has 3 fully saturated rings. The number of terminal acetylenes is 1. The SMILES string of the molecule is C#C[C@@]1(O)[C@@H](COC(Cc2ccc(N3CCCN(CCO)C3=O)cc2)(C(=O)O)C(=O)O)O[C@@H](n2cnc3c(NCC4CC4)nc(Cl)nc32)[C@@H]1O. The number of urea groups is 1. The Bertz CT molecular complexity index is 1800. The van der Waals surface area contributed by atoms with Crippen LogP contribution in [0.3, 0.4) is 0 Å². The second kappa shape index (κ2) is 14.0. The van der Waals surface area contributed by atoms with Crippen molar-refractivity contribution < 1.29 is 49.4 Å². The van der Waals surface area contributed by atoms with Crippen molar-refractivity contribution in [2.45, 2.75) is 55.3 Å². The van der Waals surface area contributed by atoms with E-state index in [2.05, 4.69) is 26.2 Å². The van der Waals surface area contributed by atoms with Crippen molar-refractivity contribution >= 4 is 52.2 Å². The minimum Gasteiger partial charge on any atom is -0.479 e. The molecule has 1 aliphatic carbocycles. The van der Waals surface area contributed by atoms with Gasteiger partial charge in [0.1, 0.15) is 12.2 Å². The van der Waals surface area contributed by atoms with Crippen LogP contribution in [0.15, 0.2) is 30.6 Å². The number of fused-ring (bicyclic) bond motifs is 1. The van der Waals surface area contributed by atoms with Crippen molar-refractivity contribution in [3.05, 3.63) is 41.4 Å². The molecule has 2 amide bonds. The fourth-order valence-electron chi connectivity index (χ4n) is 6.14. The lowest BCUT2D eigenvalue weighted by atomic mass is 9.91. The van der Waals surface area contributed by atoms with Crippen LogP contribution in [0.4, 0.5) is 16.3 Å². The van der Waals surface area contributed by atoms with Gasteiger partial charge >= 0.3 is 18.0 Å². The number of carboxylic acids is 2. The molecule has 3 aliphatic rings. The van der Waals surface area contributed by atoms with Crippen molar-refractivity contribution in [2.75, 3.05) is 49.6 Å². The highest BCUT2D eigenvalue weighted by Gasteiger charge is 2.58. The van der Waals surface area contributed by atoms with E-state index in [-0.39, 0.29) is 35.7 Å². The largest absolute Gasteiger partial charge is 0.479 e. The molecular formula is C32H36ClN7O10. The number of nitrogens with zero attached hydrogens (tertiary/aromatic N) is 6. The number of hydrogen-bond donors (Lipinski definition) is 6. The van der Waals surface area contributed by atoms with Gasteiger partial charge in [-0.2, -0.15) is 9.97 Å². The zero-order valence-corrected chi connectivity index (χ0v) is 27.4. The minimum atomic E-state index is -2.87. The highest BCUT2D eigenvalue weighted by atomic mass is 35.5. The summed E-state index contributed by atoms with van der Waals surface area (Å²) in [5, 5.41) is 55.3. The van der Waals surface area contributed by atoms with Gasteiger partial charge < -0.3 is 45.2 Å². The van der Waals surface area contributed by atoms with Crippen LogP contribution in [-0.2, 0) is 25.5 Å². The summed E-state index contributed by atoms with van der Waals surface area (Å²) in [4.78, 5) is 53.7. The first-order chi connectivity index (χ1) is 23.9. The first-order valence-electron chi connectivity index (χ1n) is 16.0. The molecule has 0 radical (unpaired) electrons. The first-order valence-corrected chi connectivity index (χ1v) is 16.3. The number of anilines is 2. The number of carbonyl (C=O) groups is 3. The Kier molecular flexibility index (Phi) is 9.86. The summed E-state index contributed by atoms with van der Waals surface area (Å²) in [5.74, 6) is -0.718. The molecular weight excluding hydrogens is 678 g/mol. The van der Waals surface area contributed by atoms with Crippen LogP contribution in [0.5, 0.6) is 0 Å². The molecule has 6 N–H and O–H groups in total. The van der Waals surface area contributed by atoms with Crippen LogP contribution in [0.25, 0.3) is 11.2 Å². The molecule has 1 aromatic carbocycles. The number of ether oxygens (including phenoxy) is 2. The molecule has 50 heavy (non-hydrogen) atoms. The van der Waals surface area contributed by atoms with Crippen LogP contribution in [-0.4, -0.2) is 131 Å². The number of aliphatic hydroxyl groups is 3. The van der Waals surface area contributed by atoms with E-state index in [0.29, 0.717) is 49.0 Å². The molecule has 0 unspecified atom stereocenters. The summed E-state index contributed by atoms with van der Waals surface area (Å²) in [5.41, 5.74) is -4.12. The maximum atomic E-state index is 12.8. The number of benzene rings is 1. The van der Waals surface area contributed by atoms with Gasteiger partial charge in [-0.05, 0) is 54.5 Å². The number of hydrogen-bond acceptors (Lipinski definition) is 12. The number of nitrogens with one attached hydrogen (secondary N) is 1. The monoisotopic (exact) mass is 713 g/mol. The molecule has 266 valence electrons. The Balaban J connectivity index is 1.21. The molecule has 0 bridgehead atoms. The second-order valence-electron chi connectivity index (χ2n) is 12.5. The molecule has 2 aromatic heterocycles. The third-order valence-electron chi connectivity index (χ3n) is 9.22. The van der Waals surface area contributed by atoms with E-state index in [1.807, 2.05) is 0 Å². The number of carboxylic acid groups (broad SMARTS) is 2. The molecule has 6 rings (SSSR count). The number of aromatic nitrogens is 4. The molecule has 0 spiro atoms. The highest BCUT2D eigenvalue weighted by Crippen LogP contribution is 2.40. The number of carbonyl (C=O) groups excluding carboxylic acids is 1. The predicted molar refractivity (Wildman–Crippen MR) is 175 cm³/mol. The molecule has 1 saturated carbocycles. The van der Waals surface area contributed by atoms with Crippen molar-refractivity contribution in [1.82, 2.24) is 24.4 Å². The van der Waals surface area contributed by atoms with Gasteiger partial charge in [0.2, 0.25) is 5.28 Å². The Morgan fingerprint density at radius 2 is 1.90 bits per heavy atom. The van der Waals surface area contributed by atoms with E-state index >= 15 is 0 Å². The van der Waals surface area contributed by atoms with E-state index in [1.165, 1.54) is 32.8 Å². The predicted octanol–water partition coefficient (Wildman–Crippen LogP) is 0.716. The van der Waals surface area contributed by atoms with Gasteiger partial charge in [0.25, 0.3) is 5.60 Å². The lowest BCUT2D eigenvalue weighted by Gasteiger charge is -2.35. The second-order valence-corrected chi connectivity index (χ2v) is 12.8. The quantitative estimate of drug-likeness (QED) is 0.0768. The van der Waals surface area contributed by atoms with Gasteiger partial charge in [-0.3, -0.25) is 9.47 Å². The molecule has 2 saturated heterocycles. The van der Waals surface area contributed by atoms with Crippen molar-refractivity contribution in [3.8, 4) is 12.3 Å². The molecule has 3 aromatic rings. The summed E-state index contributed by atoms with van der Waals surface area (Å²) < 4.78 is 12.8. The van der Waals surface area contributed by atoms with Gasteiger partial charge in [0, 0.05) is 38.3 Å². The minimum absolute atomic E-state index is 0.121. The fourth-order valence-corrected chi connectivity index (χ4v) is 6.31. The summed E-state index contributed by atoms with van der Waals surface area (Å²) in [6.45, 7) is 0.722. The zero-order chi connectivity index (χ0) is 35.8. The van der Waals surface area contributed by atoms with Crippen molar-refractivity contribution in [2.24, 2.45) is 5.92 Å². The summed E-state index contributed by atoms with van der Waals surface area (Å²) in [6.07, 6.45) is 4.26. The molecule has 17 nitrogen and oxygen atoms in total. The van der Waals surface area contributed by atoms with E-state index < -0.39 is 54.6 Å². The molecule has 4 atom stereocenters. The van der Waals surface area contributed by atoms with Crippen LogP contribution in [0.2, 0.25) is 5.28 Å². The number of aliphatic carboxylic acids is 2. The average Bonchev–Trinajstić information content (AvgIpc) is 3.78. The standard InChI is InChI=1S/C32H36ClN7O10/c1-2-31(48)21(50-26(23(31)42)40-17-35-22-24(34-15-19-4-5-19)36-29(33)37-25(22)40)16-49-32(27(43)44,28(45)46)14-18-6-8-20(9-7-18)39-11-3-10-38(12-13-41)30(39)47/h1,6-9,17,19,21,23,26,41-42,48H,3-5,10-16H2,(H,43,44)(H,45,46)(H,34,36,37)/t21-,23+,26-,31-/m1/s1.